The van der Waals surface area contributed by atoms with Gasteiger partial charge >= 0.3 is 0 Å². The molecule has 52 heavy (non-hydrogen) atoms. The van der Waals surface area contributed by atoms with E-state index in [0.717, 1.165) is 11.3 Å². The third-order valence-electron chi connectivity index (χ3n) is 9.65. The summed E-state index contributed by atoms with van der Waals surface area (Å²) >= 11 is 0. The molecular formula is C48H59NOSi2. The molecule has 0 atom stereocenters. The standard InChI is InChI=1S/2C16H20Si.C15H15NO.CH4/c1-13-5-9-15(10-6-13)17(3,4)16-11-7-14(2)8-12-16;1-13-7-5-9-15(11-13)17(3,4)16-10-6-8-14(2)12-16;1-11-3-7-13(8-4-11)15(17)16-14-9-5-12(2)6-10-14;/h2*5-12H,1-4H3;3-10H,1-2H3,(H,16,17);1H4. The van der Waals surface area contributed by atoms with E-state index >= 15 is 0 Å². The third-order valence-corrected chi connectivity index (χ3v) is 16.7. The summed E-state index contributed by atoms with van der Waals surface area (Å²) in [6, 6.07) is 51.3. The number of amides is 1. The second-order valence-corrected chi connectivity index (χ2v) is 23.7. The predicted octanol–water partition coefficient (Wildman–Crippen LogP) is 10.4. The molecule has 2 nitrogen and oxygen atoms in total. The van der Waals surface area contributed by atoms with E-state index in [1.165, 1.54) is 48.6 Å². The van der Waals surface area contributed by atoms with Gasteiger partial charge in [-0.15, -0.1) is 0 Å². The van der Waals surface area contributed by atoms with Gasteiger partial charge in [0.2, 0.25) is 0 Å². The fourth-order valence-corrected chi connectivity index (χ4v) is 10.8. The number of benzene rings is 6. The van der Waals surface area contributed by atoms with Gasteiger partial charge in [-0.3, -0.25) is 4.79 Å². The van der Waals surface area contributed by atoms with E-state index in [1.54, 1.807) is 0 Å². The minimum atomic E-state index is -1.52. The Morgan fingerprint density at radius 1 is 0.404 bits per heavy atom. The molecule has 0 bridgehead atoms. The molecule has 6 rings (SSSR count). The number of carbonyl (C=O) groups is 1. The molecule has 6 aromatic carbocycles. The first kappa shape index (κ1) is 41.6. The Labute approximate surface area is 317 Å². The van der Waals surface area contributed by atoms with Gasteiger partial charge in [0.15, 0.2) is 0 Å². The molecule has 0 aliphatic heterocycles. The first-order valence-corrected chi connectivity index (χ1v) is 23.9. The smallest absolute Gasteiger partial charge is 0.255 e. The van der Waals surface area contributed by atoms with Crippen LogP contribution >= 0.6 is 0 Å². The van der Waals surface area contributed by atoms with E-state index in [2.05, 4.69) is 156 Å². The number of anilines is 1. The van der Waals surface area contributed by atoms with E-state index in [1.807, 2.05) is 62.4 Å². The van der Waals surface area contributed by atoms with Crippen molar-refractivity contribution in [1.82, 2.24) is 0 Å². The maximum atomic E-state index is 11.9. The van der Waals surface area contributed by atoms with E-state index in [0.29, 0.717) is 5.56 Å². The summed E-state index contributed by atoms with van der Waals surface area (Å²) in [5.74, 6) is -0.0751. The molecule has 1 amide bonds. The zero-order chi connectivity index (χ0) is 37.2. The molecule has 0 radical (unpaired) electrons. The Balaban J connectivity index is 0.000000208. The van der Waals surface area contributed by atoms with Crippen LogP contribution in [0.15, 0.2) is 146 Å². The average molecular weight is 722 g/mol. The van der Waals surface area contributed by atoms with Crippen LogP contribution in [0.4, 0.5) is 5.69 Å². The summed E-state index contributed by atoms with van der Waals surface area (Å²) in [5, 5.41) is 8.91. The highest BCUT2D eigenvalue weighted by molar-refractivity contribution is 7.01. The summed E-state index contributed by atoms with van der Waals surface area (Å²) in [6.45, 7) is 22.3. The van der Waals surface area contributed by atoms with Crippen molar-refractivity contribution in [2.45, 2.75) is 75.2 Å². The number of carbonyl (C=O) groups excluding carboxylic acids is 1. The molecule has 1 N–H and O–H groups in total. The van der Waals surface area contributed by atoms with Crippen LogP contribution < -0.4 is 26.1 Å². The van der Waals surface area contributed by atoms with Gasteiger partial charge in [0.1, 0.15) is 16.1 Å². The normalized spacial score (nSPS) is 10.8. The molecule has 0 saturated carbocycles. The molecule has 6 aromatic rings. The quantitative estimate of drug-likeness (QED) is 0.171. The van der Waals surface area contributed by atoms with Crippen molar-refractivity contribution in [1.29, 1.82) is 0 Å². The Morgan fingerprint density at radius 2 is 0.731 bits per heavy atom. The van der Waals surface area contributed by atoms with Crippen molar-refractivity contribution in [3.8, 4) is 0 Å². The maximum absolute atomic E-state index is 11.9. The lowest BCUT2D eigenvalue weighted by Crippen LogP contribution is -2.52. The largest absolute Gasteiger partial charge is 0.322 e. The van der Waals surface area contributed by atoms with Gasteiger partial charge in [0.05, 0.1) is 0 Å². The van der Waals surface area contributed by atoms with Crippen LogP contribution in [-0.4, -0.2) is 22.1 Å². The summed E-state index contributed by atoms with van der Waals surface area (Å²) in [4.78, 5) is 11.9. The van der Waals surface area contributed by atoms with E-state index in [9.17, 15) is 4.79 Å². The van der Waals surface area contributed by atoms with Gasteiger partial charge in [-0.1, -0.05) is 209 Å². The van der Waals surface area contributed by atoms with E-state index < -0.39 is 16.1 Å². The molecule has 0 aliphatic carbocycles. The molecule has 0 aliphatic rings. The van der Waals surface area contributed by atoms with Crippen molar-refractivity contribution in [3.05, 3.63) is 185 Å². The monoisotopic (exact) mass is 721 g/mol. The molecule has 0 spiro atoms. The second-order valence-electron chi connectivity index (χ2n) is 14.9. The molecular weight excluding hydrogens is 663 g/mol. The second kappa shape index (κ2) is 18.6. The van der Waals surface area contributed by atoms with Crippen molar-refractivity contribution in [2.75, 3.05) is 5.32 Å². The van der Waals surface area contributed by atoms with Crippen LogP contribution in [0.5, 0.6) is 0 Å². The van der Waals surface area contributed by atoms with Gasteiger partial charge in [-0.05, 0) is 65.8 Å². The third kappa shape index (κ3) is 11.6. The number of rotatable bonds is 6. The average Bonchev–Trinajstić information content (AvgIpc) is 3.10. The van der Waals surface area contributed by atoms with Crippen LogP contribution in [0.25, 0.3) is 0 Å². The summed E-state index contributed by atoms with van der Waals surface area (Å²) in [7, 11) is -3.02. The van der Waals surface area contributed by atoms with Crippen molar-refractivity contribution >= 4 is 48.5 Å². The molecule has 0 heterocycles. The highest BCUT2D eigenvalue weighted by Crippen LogP contribution is 2.12. The lowest BCUT2D eigenvalue weighted by atomic mass is 10.1. The fraction of sp³-hybridized carbons (Fsp3) is 0.229. The zero-order valence-electron chi connectivity index (χ0n) is 32.3. The molecule has 0 aromatic heterocycles. The van der Waals surface area contributed by atoms with Crippen LogP contribution in [0.1, 0.15) is 51.2 Å². The van der Waals surface area contributed by atoms with Crippen molar-refractivity contribution < 1.29 is 4.79 Å². The number of aryl methyl sites for hydroxylation is 6. The summed E-state index contributed by atoms with van der Waals surface area (Å²) < 4.78 is 0. The lowest BCUT2D eigenvalue weighted by molar-refractivity contribution is 0.102. The number of hydrogen-bond acceptors (Lipinski definition) is 1. The Bertz CT molecular complexity index is 1910. The van der Waals surface area contributed by atoms with Crippen LogP contribution in [-0.2, 0) is 0 Å². The molecule has 0 fully saturated rings. The SMILES string of the molecule is C.Cc1ccc(NC(=O)c2ccc(C)cc2)cc1.Cc1ccc([Si](C)(C)c2ccc(C)cc2)cc1.Cc1cccc([Si](C)(C)c2cccc(C)c2)c1. The van der Waals surface area contributed by atoms with Crippen molar-refractivity contribution in [3.63, 3.8) is 0 Å². The van der Waals surface area contributed by atoms with E-state index in [4.69, 9.17) is 0 Å². The first-order chi connectivity index (χ1) is 24.1. The molecule has 0 unspecified atom stereocenters. The predicted molar refractivity (Wildman–Crippen MR) is 235 cm³/mol. The maximum Gasteiger partial charge on any atom is 0.255 e. The van der Waals surface area contributed by atoms with E-state index in [-0.39, 0.29) is 13.3 Å². The Hall–Kier alpha value is -4.78. The van der Waals surface area contributed by atoms with Gasteiger partial charge in [0.25, 0.3) is 5.91 Å². The zero-order valence-corrected chi connectivity index (χ0v) is 34.3. The minimum absolute atomic E-state index is 0. The lowest BCUT2D eigenvalue weighted by Gasteiger charge is -2.24. The Morgan fingerprint density at radius 3 is 1.10 bits per heavy atom. The molecule has 270 valence electrons. The number of nitrogens with one attached hydrogen (secondary N) is 1. The van der Waals surface area contributed by atoms with Gasteiger partial charge in [-0.2, -0.15) is 0 Å². The summed E-state index contributed by atoms with van der Waals surface area (Å²) in [6.07, 6.45) is 0. The van der Waals surface area contributed by atoms with Gasteiger partial charge < -0.3 is 5.32 Å². The van der Waals surface area contributed by atoms with Gasteiger partial charge in [0, 0.05) is 11.3 Å². The van der Waals surface area contributed by atoms with Gasteiger partial charge in [-0.25, -0.2) is 0 Å². The van der Waals surface area contributed by atoms with Crippen LogP contribution in [0.2, 0.25) is 26.2 Å². The number of hydrogen-bond donors (Lipinski definition) is 1. The Kier molecular flexibility index (Phi) is 14.9. The fourth-order valence-electron chi connectivity index (χ4n) is 5.89. The van der Waals surface area contributed by atoms with Crippen LogP contribution in [0, 0.1) is 41.5 Å². The highest BCUT2D eigenvalue weighted by Gasteiger charge is 2.26. The highest BCUT2D eigenvalue weighted by atomic mass is 28.3. The summed E-state index contributed by atoms with van der Waals surface area (Å²) in [5.41, 5.74) is 9.21. The first-order valence-electron chi connectivity index (χ1n) is 17.9. The topological polar surface area (TPSA) is 29.1 Å². The van der Waals surface area contributed by atoms with Crippen LogP contribution in [0.3, 0.4) is 0 Å². The minimum Gasteiger partial charge on any atom is -0.322 e. The van der Waals surface area contributed by atoms with Crippen molar-refractivity contribution in [2.24, 2.45) is 0 Å². The molecule has 4 heteroatoms. The molecule has 0 saturated heterocycles.